The molecule has 1 aromatic heterocycles. The highest BCUT2D eigenvalue weighted by molar-refractivity contribution is 7.08. The highest BCUT2D eigenvalue weighted by Crippen LogP contribution is 2.16. The lowest BCUT2D eigenvalue weighted by molar-refractivity contribution is -0.139. The average Bonchev–Trinajstić information content (AvgIpc) is 2.64. The summed E-state index contributed by atoms with van der Waals surface area (Å²) in [5.74, 6) is -0.806. The Labute approximate surface area is 87.8 Å². The molecule has 1 unspecified atom stereocenters. The molecule has 0 saturated carbocycles. The third-order valence-electron chi connectivity index (χ3n) is 2.00. The Morgan fingerprint density at radius 1 is 1.71 bits per heavy atom. The maximum absolute atomic E-state index is 10.9. The predicted octanol–water partition coefficient (Wildman–Crippen LogP) is 2.26. The molecular formula is C10H15NO2S. The number of hydrogen-bond acceptors (Lipinski definition) is 3. The third kappa shape index (κ3) is 3.12. The molecule has 4 heteroatoms. The van der Waals surface area contributed by atoms with Gasteiger partial charge in [0.05, 0.1) is 0 Å². The summed E-state index contributed by atoms with van der Waals surface area (Å²) in [7, 11) is 0. The van der Waals surface area contributed by atoms with Gasteiger partial charge >= 0.3 is 5.97 Å². The van der Waals surface area contributed by atoms with Crippen molar-refractivity contribution in [1.82, 2.24) is 5.32 Å². The minimum atomic E-state index is -0.806. The van der Waals surface area contributed by atoms with Crippen LogP contribution in [-0.4, -0.2) is 17.6 Å². The monoisotopic (exact) mass is 213 g/mol. The Hall–Kier alpha value is -0.870. The van der Waals surface area contributed by atoms with E-state index < -0.39 is 12.0 Å². The lowest BCUT2D eigenvalue weighted by Crippen LogP contribution is -2.28. The Bertz CT molecular complexity index is 272. The summed E-state index contributed by atoms with van der Waals surface area (Å²) in [6.45, 7) is 2.84. The second-order valence-corrected chi connectivity index (χ2v) is 3.92. The van der Waals surface area contributed by atoms with Crippen molar-refractivity contribution in [3.05, 3.63) is 22.4 Å². The van der Waals surface area contributed by atoms with E-state index >= 15 is 0 Å². The van der Waals surface area contributed by atoms with Gasteiger partial charge in [-0.15, -0.1) is 0 Å². The molecule has 78 valence electrons. The smallest absolute Gasteiger partial charge is 0.325 e. The Kier molecular flexibility index (Phi) is 4.62. The van der Waals surface area contributed by atoms with E-state index in [2.05, 4.69) is 12.2 Å². The summed E-state index contributed by atoms with van der Waals surface area (Å²) < 4.78 is 0. The predicted molar refractivity (Wildman–Crippen MR) is 57.6 cm³/mol. The van der Waals surface area contributed by atoms with Crippen LogP contribution < -0.4 is 5.32 Å². The number of carboxylic acid groups (broad SMARTS) is 1. The molecule has 0 radical (unpaired) electrons. The van der Waals surface area contributed by atoms with Crippen molar-refractivity contribution in [2.24, 2.45) is 0 Å². The van der Waals surface area contributed by atoms with Gasteiger partial charge in [0.1, 0.15) is 6.04 Å². The molecule has 2 N–H and O–H groups in total. The number of carboxylic acids is 1. The second-order valence-electron chi connectivity index (χ2n) is 3.14. The number of hydrogen-bond donors (Lipinski definition) is 2. The van der Waals surface area contributed by atoms with Gasteiger partial charge in [0, 0.05) is 0 Å². The molecule has 0 aliphatic rings. The van der Waals surface area contributed by atoms with E-state index in [9.17, 15) is 4.79 Å². The SMILES string of the molecule is CCCCNC(C(=O)O)c1ccsc1. The first-order valence-corrected chi connectivity index (χ1v) is 5.68. The summed E-state index contributed by atoms with van der Waals surface area (Å²) in [6, 6.07) is 1.30. The molecule has 1 aromatic rings. The number of thiophene rings is 1. The average molecular weight is 213 g/mol. The normalized spacial score (nSPS) is 12.6. The van der Waals surface area contributed by atoms with Crippen LogP contribution in [-0.2, 0) is 4.79 Å². The lowest BCUT2D eigenvalue weighted by atomic mass is 10.1. The number of carbonyl (C=O) groups is 1. The van der Waals surface area contributed by atoms with E-state index in [4.69, 9.17) is 5.11 Å². The summed E-state index contributed by atoms with van der Waals surface area (Å²) in [4.78, 5) is 10.9. The van der Waals surface area contributed by atoms with Gasteiger partial charge in [-0.2, -0.15) is 11.3 Å². The molecule has 14 heavy (non-hydrogen) atoms. The van der Waals surface area contributed by atoms with E-state index in [1.54, 1.807) is 0 Å². The number of rotatable bonds is 6. The van der Waals surface area contributed by atoms with Gasteiger partial charge in [-0.05, 0) is 35.4 Å². The molecule has 1 heterocycles. The zero-order chi connectivity index (χ0) is 10.4. The second kappa shape index (κ2) is 5.78. The van der Waals surface area contributed by atoms with E-state index in [-0.39, 0.29) is 0 Å². The van der Waals surface area contributed by atoms with Crippen molar-refractivity contribution in [2.45, 2.75) is 25.8 Å². The van der Waals surface area contributed by atoms with Crippen molar-refractivity contribution in [3.8, 4) is 0 Å². The molecule has 1 rings (SSSR count). The molecule has 3 nitrogen and oxygen atoms in total. The van der Waals surface area contributed by atoms with Crippen LogP contribution in [0.3, 0.4) is 0 Å². The Morgan fingerprint density at radius 2 is 2.50 bits per heavy atom. The lowest BCUT2D eigenvalue weighted by Gasteiger charge is -2.12. The van der Waals surface area contributed by atoms with Gasteiger partial charge in [-0.25, -0.2) is 0 Å². The van der Waals surface area contributed by atoms with E-state index in [0.29, 0.717) is 0 Å². The standard InChI is InChI=1S/C10H15NO2S/c1-2-3-5-11-9(10(12)13)8-4-6-14-7-8/h4,6-7,9,11H,2-3,5H2,1H3,(H,12,13). The van der Waals surface area contributed by atoms with E-state index in [1.165, 1.54) is 11.3 Å². The minimum absolute atomic E-state index is 0.548. The molecule has 0 saturated heterocycles. The number of nitrogens with one attached hydrogen (secondary N) is 1. The quantitative estimate of drug-likeness (QED) is 0.713. The van der Waals surface area contributed by atoms with E-state index in [1.807, 2.05) is 16.8 Å². The van der Waals surface area contributed by atoms with Gasteiger partial charge in [-0.3, -0.25) is 4.79 Å². The third-order valence-corrected chi connectivity index (χ3v) is 2.70. The molecule has 0 fully saturated rings. The fraction of sp³-hybridized carbons (Fsp3) is 0.500. The number of aliphatic carboxylic acids is 1. The van der Waals surface area contributed by atoms with E-state index in [0.717, 1.165) is 24.9 Å². The van der Waals surface area contributed by atoms with Crippen LogP contribution in [0, 0.1) is 0 Å². The largest absolute Gasteiger partial charge is 0.480 e. The zero-order valence-electron chi connectivity index (χ0n) is 8.19. The maximum atomic E-state index is 10.9. The first-order valence-electron chi connectivity index (χ1n) is 4.74. The Balaban J connectivity index is 2.52. The molecule has 0 aromatic carbocycles. The summed E-state index contributed by atoms with van der Waals surface area (Å²) in [5, 5.41) is 15.8. The van der Waals surface area contributed by atoms with Gasteiger partial charge in [0.2, 0.25) is 0 Å². The molecule has 0 amide bonds. The first-order chi connectivity index (χ1) is 6.75. The summed E-state index contributed by atoms with van der Waals surface area (Å²) in [5.41, 5.74) is 0.846. The molecule has 0 bridgehead atoms. The molecular weight excluding hydrogens is 198 g/mol. The van der Waals surface area contributed by atoms with Crippen molar-refractivity contribution >= 4 is 17.3 Å². The Morgan fingerprint density at radius 3 is 3.00 bits per heavy atom. The van der Waals surface area contributed by atoms with Gasteiger partial charge < -0.3 is 10.4 Å². The van der Waals surface area contributed by atoms with Crippen LogP contribution >= 0.6 is 11.3 Å². The highest BCUT2D eigenvalue weighted by atomic mass is 32.1. The van der Waals surface area contributed by atoms with Crippen LogP contribution in [0.2, 0.25) is 0 Å². The fourth-order valence-electron chi connectivity index (χ4n) is 1.21. The maximum Gasteiger partial charge on any atom is 0.325 e. The molecule has 0 spiro atoms. The number of unbranched alkanes of at least 4 members (excludes halogenated alkanes) is 1. The summed E-state index contributed by atoms with van der Waals surface area (Å²) in [6.07, 6.45) is 2.08. The van der Waals surface area contributed by atoms with Gasteiger partial charge in [0.25, 0.3) is 0 Å². The first kappa shape index (κ1) is 11.2. The fourth-order valence-corrected chi connectivity index (χ4v) is 1.90. The topological polar surface area (TPSA) is 49.3 Å². The van der Waals surface area contributed by atoms with Crippen LogP contribution in [0.25, 0.3) is 0 Å². The highest BCUT2D eigenvalue weighted by Gasteiger charge is 2.18. The van der Waals surface area contributed by atoms with Crippen molar-refractivity contribution < 1.29 is 9.90 Å². The molecule has 1 atom stereocenters. The molecule has 0 aliphatic carbocycles. The van der Waals surface area contributed by atoms with Crippen LogP contribution in [0.4, 0.5) is 0 Å². The van der Waals surface area contributed by atoms with Gasteiger partial charge in [0.15, 0.2) is 0 Å². The van der Waals surface area contributed by atoms with Gasteiger partial charge in [-0.1, -0.05) is 13.3 Å². The van der Waals surface area contributed by atoms with Crippen molar-refractivity contribution in [2.75, 3.05) is 6.54 Å². The zero-order valence-corrected chi connectivity index (χ0v) is 9.01. The molecule has 0 aliphatic heterocycles. The minimum Gasteiger partial charge on any atom is -0.480 e. The van der Waals surface area contributed by atoms with Crippen LogP contribution in [0.5, 0.6) is 0 Å². The van der Waals surface area contributed by atoms with Crippen LogP contribution in [0.1, 0.15) is 31.4 Å². The van der Waals surface area contributed by atoms with Crippen molar-refractivity contribution in [1.29, 1.82) is 0 Å². The summed E-state index contributed by atoms with van der Waals surface area (Å²) >= 11 is 1.52. The van der Waals surface area contributed by atoms with Crippen LogP contribution in [0.15, 0.2) is 16.8 Å². The van der Waals surface area contributed by atoms with Crippen molar-refractivity contribution in [3.63, 3.8) is 0 Å².